The number of nitro groups is 1. The molecule has 5 rings (SSSR count). The van der Waals surface area contributed by atoms with Gasteiger partial charge in [-0.05, 0) is 60.4 Å². The van der Waals surface area contributed by atoms with Crippen molar-refractivity contribution < 1.29 is 9.72 Å². The number of thiazole rings is 1. The van der Waals surface area contributed by atoms with Crippen LogP contribution in [0.1, 0.15) is 35.9 Å². The third kappa shape index (κ3) is 7.55. The summed E-state index contributed by atoms with van der Waals surface area (Å²) < 4.78 is 2.39. The van der Waals surface area contributed by atoms with Crippen molar-refractivity contribution in [2.45, 2.75) is 40.3 Å². The molecule has 0 aliphatic rings. The number of hydrogen-bond acceptors (Lipinski definition) is 11. The maximum absolute atomic E-state index is 12.5. The molecule has 0 atom stereocenters. The monoisotopic (exact) mass is 620 g/mol. The number of hydrogen-bond donors (Lipinski definition) is 1. The number of benzene rings is 3. The lowest BCUT2D eigenvalue weighted by Gasteiger charge is -2.08. The number of carbonyl (C=O) groups is 1. The van der Waals surface area contributed by atoms with E-state index in [1.807, 2.05) is 49.4 Å². The van der Waals surface area contributed by atoms with Crippen molar-refractivity contribution in [3.05, 3.63) is 86.9 Å². The van der Waals surface area contributed by atoms with Gasteiger partial charge in [0, 0.05) is 18.0 Å². The predicted octanol–water partition coefficient (Wildman–Crippen LogP) is 8.12. The smallest absolute Gasteiger partial charge is 0.283 e. The minimum Gasteiger partial charge on any atom is -0.325 e. The molecular weight excluding hydrogens is 597 g/mol. The topological polar surface area (TPSA) is 123 Å². The summed E-state index contributed by atoms with van der Waals surface area (Å²) in [4.78, 5) is 33.4. The third-order valence-corrected chi connectivity index (χ3v) is 9.90. The summed E-state index contributed by atoms with van der Waals surface area (Å²) in [6.45, 7) is 6.11. The number of rotatable bonds is 10. The van der Waals surface area contributed by atoms with Crippen molar-refractivity contribution in [1.82, 2.24) is 15.2 Å². The average molecular weight is 621 g/mol. The summed E-state index contributed by atoms with van der Waals surface area (Å²) in [5.74, 6) is 0.603. The van der Waals surface area contributed by atoms with Crippen molar-refractivity contribution in [3.63, 3.8) is 0 Å². The minimum atomic E-state index is -0.404. The van der Waals surface area contributed by atoms with Crippen molar-refractivity contribution in [1.29, 1.82) is 0 Å². The van der Waals surface area contributed by atoms with E-state index in [4.69, 9.17) is 0 Å². The van der Waals surface area contributed by atoms with Crippen LogP contribution in [0.5, 0.6) is 0 Å². The number of amides is 1. The normalized spacial score (nSPS) is 11.5. The molecule has 1 amide bonds. The SMILES string of the molecule is Cc1nnc(Sc2ccc(C=Nc3ccc4nc(SCC(=O)Nc5ccc(C(C)C)cc5)sc4c3)cc2[N+](=O)[O-])s1. The standard InChI is InChI=1S/C28H24N6O3S4/c1-16(2)19-5-7-20(8-6-19)30-26(35)15-38-27-31-22-10-9-21(13-25(22)41-27)29-14-18-4-11-24(23(12-18)34(36)37)40-28-33-32-17(3)39-28/h4-14,16H,15H2,1-3H3,(H,30,35). The number of carbonyl (C=O) groups excluding carboxylic acids is 1. The van der Waals surface area contributed by atoms with Crippen LogP contribution in [0.15, 0.2) is 79.2 Å². The Hall–Kier alpha value is -3.65. The molecule has 0 saturated carbocycles. The molecule has 0 bridgehead atoms. The zero-order chi connectivity index (χ0) is 28.9. The van der Waals surface area contributed by atoms with Crippen LogP contribution in [0.4, 0.5) is 17.1 Å². The van der Waals surface area contributed by atoms with Crippen LogP contribution in [-0.2, 0) is 4.79 Å². The fourth-order valence-corrected chi connectivity index (χ4v) is 7.48. The molecule has 0 unspecified atom stereocenters. The molecule has 41 heavy (non-hydrogen) atoms. The van der Waals surface area contributed by atoms with Gasteiger partial charge in [0.25, 0.3) is 5.69 Å². The third-order valence-electron chi connectivity index (χ3n) is 5.79. The van der Waals surface area contributed by atoms with Crippen molar-refractivity contribution in [2.75, 3.05) is 11.1 Å². The van der Waals surface area contributed by atoms with Gasteiger partial charge < -0.3 is 5.32 Å². The Balaban J connectivity index is 1.22. The van der Waals surface area contributed by atoms with E-state index < -0.39 is 4.92 Å². The van der Waals surface area contributed by atoms with Crippen LogP contribution in [-0.4, -0.2) is 38.0 Å². The van der Waals surface area contributed by atoms with Gasteiger partial charge >= 0.3 is 0 Å². The average Bonchev–Trinajstić information content (AvgIpc) is 3.56. The number of thioether (sulfide) groups is 1. The van der Waals surface area contributed by atoms with Crippen LogP contribution < -0.4 is 5.32 Å². The molecule has 0 fully saturated rings. The summed E-state index contributed by atoms with van der Waals surface area (Å²) in [7, 11) is 0. The number of nitrogens with zero attached hydrogens (tertiary/aromatic N) is 5. The number of anilines is 1. The lowest BCUT2D eigenvalue weighted by Crippen LogP contribution is -2.13. The first kappa shape index (κ1) is 28.9. The lowest BCUT2D eigenvalue weighted by atomic mass is 10.0. The first-order valence-corrected chi connectivity index (χ1v) is 15.9. The van der Waals surface area contributed by atoms with Crippen LogP contribution in [0, 0.1) is 17.0 Å². The number of aromatic nitrogens is 3. The van der Waals surface area contributed by atoms with E-state index in [9.17, 15) is 14.9 Å². The zero-order valence-electron chi connectivity index (χ0n) is 22.2. The molecule has 3 aromatic carbocycles. The Bertz CT molecular complexity index is 1750. The summed E-state index contributed by atoms with van der Waals surface area (Å²) >= 11 is 5.49. The van der Waals surface area contributed by atoms with Gasteiger partial charge in [-0.15, -0.1) is 21.5 Å². The molecule has 2 heterocycles. The Morgan fingerprint density at radius 3 is 2.59 bits per heavy atom. The predicted molar refractivity (Wildman–Crippen MR) is 169 cm³/mol. The van der Waals surface area contributed by atoms with Crippen LogP contribution >= 0.6 is 46.2 Å². The maximum Gasteiger partial charge on any atom is 0.283 e. The number of aliphatic imine (C=N–C) groups is 1. The van der Waals surface area contributed by atoms with Gasteiger partial charge in [-0.2, -0.15) is 0 Å². The number of aryl methyl sites for hydroxylation is 1. The first-order chi connectivity index (χ1) is 19.7. The largest absolute Gasteiger partial charge is 0.325 e. The molecular formula is C28H24N6O3S4. The number of nitrogens with one attached hydrogen (secondary N) is 1. The second-order valence-electron chi connectivity index (χ2n) is 9.18. The Morgan fingerprint density at radius 1 is 1.07 bits per heavy atom. The molecule has 0 saturated heterocycles. The second kappa shape index (κ2) is 12.9. The van der Waals surface area contributed by atoms with Crippen molar-refractivity contribution in [3.8, 4) is 0 Å². The molecule has 208 valence electrons. The lowest BCUT2D eigenvalue weighted by molar-refractivity contribution is -0.387. The van der Waals surface area contributed by atoms with Gasteiger partial charge in [0.2, 0.25) is 5.91 Å². The highest BCUT2D eigenvalue weighted by molar-refractivity contribution is 8.01. The van der Waals surface area contributed by atoms with E-state index in [2.05, 4.69) is 39.3 Å². The van der Waals surface area contributed by atoms with E-state index in [0.29, 0.717) is 26.4 Å². The van der Waals surface area contributed by atoms with Gasteiger partial charge in [-0.3, -0.25) is 19.9 Å². The van der Waals surface area contributed by atoms with Gasteiger partial charge in [0.1, 0.15) is 5.01 Å². The molecule has 9 nitrogen and oxygen atoms in total. The maximum atomic E-state index is 12.5. The van der Waals surface area contributed by atoms with E-state index in [1.54, 1.807) is 18.3 Å². The van der Waals surface area contributed by atoms with Gasteiger partial charge in [-0.25, -0.2) is 4.98 Å². The highest BCUT2D eigenvalue weighted by Crippen LogP contribution is 2.37. The first-order valence-electron chi connectivity index (χ1n) is 12.5. The number of fused-ring (bicyclic) bond motifs is 1. The molecule has 0 radical (unpaired) electrons. The summed E-state index contributed by atoms with van der Waals surface area (Å²) in [6.07, 6.45) is 1.60. The van der Waals surface area contributed by atoms with E-state index in [1.165, 1.54) is 57.8 Å². The highest BCUT2D eigenvalue weighted by atomic mass is 32.2. The Kier molecular flexibility index (Phi) is 9.08. The van der Waals surface area contributed by atoms with Crippen molar-refractivity contribution in [2.24, 2.45) is 4.99 Å². The molecule has 13 heteroatoms. The molecule has 0 spiro atoms. The molecule has 5 aromatic rings. The summed E-state index contributed by atoms with van der Waals surface area (Å²) in [5.41, 5.74) is 4.13. The number of nitro benzene ring substituents is 1. The van der Waals surface area contributed by atoms with Gasteiger partial charge in [0.15, 0.2) is 8.68 Å². The molecule has 0 aliphatic carbocycles. The van der Waals surface area contributed by atoms with Crippen LogP contribution in [0.25, 0.3) is 10.2 Å². The van der Waals surface area contributed by atoms with Crippen LogP contribution in [0.3, 0.4) is 0 Å². The zero-order valence-corrected chi connectivity index (χ0v) is 25.5. The quantitative estimate of drug-likeness (QED) is 0.0719. The van der Waals surface area contributed by atoms with Gasteiger partial charge in [-0.1, -0.05) is 66.9 Å². The molecule has 2 aromatic heterocycles. The second-order valence-corrected chi connectivity index (χ2v) is 13.9. The molecule has 1 N–H and O–H groups in total. The van der Waals surface area contributed by atoms with E-state index in [-0.39, 0.29) is 17.3 Å². The Morgan fingerprint density at radius 2 is 1.88 bits per heavy atom. The summed E-state index contributed by atoms with van der Waals surface area (Å²) in [5, 5.41) is 23.4. The highest BCUT2D eigenvalue weighted by Gasteiger charge is 2.17. The van der Waals surface area contributed by atoms with E-state index in [0.717, 1.165) is 25.3 Å². The fourth-order valence-electron chi connectivity index (χ4n) is 3.72. The summed E-state index contributed by atoms with van der Waals surface area (Å²) in [6, 6.07) is 18.5. The Labute approximate surface area is 252 Å². The van der Waals surface area contributed by atoms with Crippen molar-refractivity contribution >= 4 is 85.6 Å². The van der Waals surface area contributed by atoms with Crippen LogP contribution in [0.2, 0.25) is 0 Å². The minimum absolute atomic E-state index is 0.0111. The fraction of sp³-hybridized carbons (Fsp3) is 0.179. The van der Waals surface area contributed by atoms with Gasteiger partial charge in [0.05, 0.1) is 31.5 Å². The molecule has 0 aliphatic heterocycles. The van der Waals surface area contributed by atoms with E-state index >= 15 is 0 Å².